The first-order chi connectivity index (χ1) is 11.9. The second kappa shape index (κ2) is 7.10. The molecule has 2 heterocycles. The molecule has 6 nitrogen and oxygen atoms in total. The Kier molecular flexibility index (Phi) is 4.89. The lowest BCUT2D eigenvalue weighted by molar-refractivity contribution is -0.114. The van der Waals surface area contributed by atoms with Crippen LogP contribution in [0.4, 0.5) is 0 Å². The van der Waals surface area contributed by atoms with Gasteiger partial charge in [-0.05, 0) is 52.2 Å². The Bertz CT molecular complexity index is 795. The predicted octanol–water partition coefficient (Wildman–Crippen LogP) is 1.64. The number of ether oxygens (including phenoxy) is 1. The zero-order valence-corrected chi connectivity index (χ0v) is 14.4. The Morgan fingerprint density at radius 2 is 1.92 bits per heavy atom. The molecular weight excluding hydrogens is 336 g/mol. The number of carbonyl (C=O) groups is 1. The first-order valence-corrected chi connectivity index (χ1v) is 8.66. The highest BCUT2D eigenvalue weighted by Crippen LogP contribution is 2.21. The van der Waals surface area contributed by atoms with Crippen LogP contribution in [0, 0.1) is 0 Å². The van der Waals surface area contributed by atoms with Gasteiger partial charge in [-0.15, -0.1) is 0 Å². The Hall–Kier alpha value is -2.61. The summed E-state index contributed by atoms with van der Waals surface area (Å²) in [4.78, 5) is 13.0. The second-order valence-corrected chi connectivity index (χ2v) is 6.64. The summed E-state index contributed by atoms with van der Waals surface area (Å²) in [6.45, 7) is 0.984. The molecule has 0 bridgehead atoms. The van der Waals surface area contributed by atoms with Gasteiger partial charge in [-0.1, -0.05) is 12.1 Å². The molecule has 0 spiro atoms. The molecule has 7 heteroatoms. The minimum atomic E-state index is -1.17. The molecule has 0 unspecified atom stereocenters. The molecule has 130 valence electrons. The molecule has 0 saturated heterocycles. The third-order valence-corrected chi connectivity index (χ3v) is 4.60. The topological polar surface area (TPSA) is 108 Å². The summed E-state index contributed by atoms with van der Waals surface area (Å²) in [6.07, 6.45) is 4.69. The summed E-state index contributed by atoms with van der Waals surface area (Å²) in [5.41, 5.74) is 19.9. The van der Waals surface area contributed by atoms with E-state index in [-0.39, 0.29) is 0 Å². The number of hydrogen-bond acceptors (Lipinski definition) is 6. The number of hydrogen-bond donors (Lipinski definition) is 3. The van der Waals surface area contributed by atoms with Crippen LogP contribution in [0.3, 0.4) is 0 Å². The Balaban J connectivity index is 1.66. The predicted molar refractivity (Wildman–Crippen MR) is 98.2 cm³/mol. The van der Waals surface area contributed by atoms with Crippen molar-refractivity contribution in [3.05, 3.63) is 76.1 Å². The van der Waals surface area contributed by atoms with Crippen LogP contribution in [-0.2, 0) is 17.9 Å². The number of nitrogens with zero attached hydrogens (tertiary/aromatic N) is 1. The number of primary amides is 1. The van der Waals surface area contributed by atoms with Gasteiger partial charge in [0, 0.05) is 12.7 Å². The molecule has 1 aromatic carbocycles. The average molecular weight is 356 g/mol. The lowest BCUT2D eigenvalue weighted by Crippen LogP contribution is -2.60. The summed E-state index contributed by atoms with van der Waals surface area (Å²) in [6, 6.07) is 9.71. The van der Waals surface area contributed by atoms with E-state index in [1.165, 1.54) is 0 Å². The van der Waals surface area contributed by atoms with Gasteiger partial charge in [0.05, 0.1) is 5.57 Å². The number of amides is 1. The van der Waals surface area contributed by atoms with Crippen LogP contribution < -0.4 is 21.9 Å². The summed E-state index contributed by atoms with van der Waals surface area (Å²) in [5.74, 6) is -0.907. The van der Waals surface area contributed by atoms with Gasteiger partial charge < -0.3 is 15.4 Å². The van der Waals surface area contributed by atoms with Crippen LogP contribution in [0.15, 0.2) is 65.0 Å². The molecule has 0 radical (unpaired) electrons. The third-order valence-electron chi connectivity index (χ3n) is 3.87. The van der Waals surface area contributed by atoms with Crippen LogP contribution in [0.25, 0.3) is 0 Å². The summed E-state index contributed by atoms with van der Waals surface area (Å²) < 4.78 is 5.74. The molecule has 6 N–H and O–H groups in total. The van der Waals surface area contributed by atoms with Crippen molar-refractivity contribution in [3.63, 3.8) is 0 Å². The number of thiophene rings is 1. The van der Waals surface area contributed by atoms with Gasteiger partial charge >= 0.3 is 0 Å². The van der Waals surface area contributed by atoms with Crippen molar-refractivity contribution in [2.24, 2.45) is 17.2 Å². The van der Waals surface area contributed by atoms with Crippen LogP contribution >= 0.6 is 11.3 Å². The monoisotopic (exact) mass is 356 g/mol. The minimum Gasteiger partial charge on any atom is -0.489 e. The largest absolute Gasteiger partial charge is 0.489 e. The Labute approximate surface area is 150 Å². The van der Waals surface area contributed by atoms with Gasteiger partial charge in [-0.2, -0.15) is 11.3 Å². The smallest absolute Gasteiger partial charge is 0.250 e. The van der Waals surface area contributed by atoms with Gasteiger partial charge in [-0.3, -0.25) is 16.3 Å². The van der Waals surface area contributed by atoms with Gasteiger partial charge in [0.25, 0.3) is 0 Å². The van der Waals surface area contributed by atoms with Crippen molar-refractivity contribution >= 4 is 17.2 Å². The SMILES string of the molecule is NC(=O)C1=CN(Cc2ccc(OCc3ccsc3)cc2)C(N)(N)C=C1. The molecule has 25 heavy (non-hydrogen) atoms. The molecule has 1 aromatic heterocycles. The van der Waals surface area contributed by atoms with Gasteiger partial charge in [0.1, 0.15) is 12.4 Å². The van der Waals surface area contributed by atoms with Crippen molar-refractivity contribution < 1.29 is 9.53 Å². The zero-order valence-electron chi connectivity index (χ0n) is 13.6. The number of benzene rings is 1. The Morgan fingerprint density at radius 3 is 2.56 bits per heavy atom. The maximum atomic E-state index is 11.4. The summed E-state index contributed by atoms with van der Waals surface area (Å²) in [5, 5.41) is 4.08. The van der Waals surface area contributed by atoms with Crippen LogP contribution in [0.5, 0.6) is 5.75 Å². The van der Waals surface area contributed by atoms with E-state index in [0.29, 0.717) is 18.7 Å². The molecule has 0 saturated carbocycles. The van der Waals surface area contributed by atoms with E-state index in [1.54, 1.807) is 34.6 Å². The van der Waals surface area contributed by atoms with E-state index in [2.05, 4.69) is 5.38 Å². The number of nitrogens with two attached hydrogens (primary N) is 3. The van der Waals surface area contributed by atoms with Crippen molar-refractivity contribution in [3.8, 4) is 5.75 Å². The molecule has 1 aliphatic rings. The molecule has 2 aromatic rings. The van der Waals surface area contributed by atoms with Crippen LogP contribution in [0.1, 0.15) is 11.1 Å². The normalized spacial score (nSPS) is 15.8. The summed E-state index contributed by atoms with van der Waals surface area (Å²) >= 11 is 1.65. The highest BCUT2D eigenvalue weighted by molar-refractivity contribution is 7.07. The van der Waals surface area contributed by atoms with E-state index >= 15 is 0 Å². The zero-order chi connectivity index (χ0) is 17.9. The van der Waals surface area contributed by atoms with Crippen LogP contribution in [0.2, 0.25) is 0 Å². The lowest BCUT2D eigenvalue weighted by atomic mass is 10.1. The molecule has 0 aliphatic carbocycles. The fourth-order valence-corrected chi connectivity index (χ4v) is 3.05. The lowest BCUT2D eigenvalue weighted by Gasteiger charge is -2.37. The highest BCUT2D eigenvalue weighted by Gasteiger charge is 2.27. The van der Waals surface area contributed by atoms with E-state index < -0.39 is 11.7 Å². The molecule has 1 aliphatic heterocycles. The quantitative estimate of drug-likeness (QED) is 0.682. The first-order valence-electron chi connectivity index (χ1n) is 7.72. The molecular formula is C18H20N4O2S. The maximum Gasteiger partial charge on any atom is 0.250 e. The van der Waals surface area contributed by atoms with Crippen molar-refractivity contribution in [1.82, 2.24) is 4.90 Å². The standard InChI is InChI=1S/C18H20N4O2S/c19-17(23)15-5-7-18(20,21)22(10-15)9-13-1-3-16(4-2-13)24-11-14-6-8-25-12-14/h1-8,10,12H,9,11,20-21H2,(H2,19,23). The highest BCUT2D eigenvalue weighted by atomic mass is 32.1. The molecule has 0 atom stereocenters. The number of carbonyl (C=O) groups excluding carboxylic acids is 1. The molecule has 3 rings (SSSR count). The fourth-order valence-electron chi connectivity index (χ4n) is 2.40. The Morgan fingerprint density at radius 1 is 1.16 bits per heavy atom. The molecule has 1 amide bonds. The summed E-state index contributed by atoms with van der Waals surface area (Å²) in [7, 11) is 0. The van der Waals surface area contributed by atoms with Gasteiger partial charge in [0.2, 0.25) is 5.91 Å². The van der Waals surface area contributed by atoms with E-state index in [1.807, 2.05) is 35.7 Å². The fraction of sp³-hybridized carbons (Fsp3) is 0.167. The van der Waals surface area contributed by atoms with E-state index in [4.69, 9.17) is 21.9 Å². The minimum absolute atomic E-state index is 0.363. The molecule has 0 fully saturated rings. The van der Waals surface area contributed by atoms with Gasteiger partial charge in [-0.25, -0.2) is 0 Å². The second-order valence-electron chi connectivity index (χ2n) is 5.86. The van der Waals surface area contributed by atoms with E-state index in [0.717, 1.165) is 16.9 Å². The average Bonchev–Trinajstić information content (AvgIpc) is 3.09. The van der Waals surface area contributed by atoms with Crippen molar-refractivity contribution in [2.45, 2.75) is 18.9 Å². The maximum absolute atomic E-state index is 11.4. The number of rotatable bonds is 6. The van der Waals surface area contributed by atoms with Crippen molar-refractivity contribution in [1.29, 1.82) is 0 Å². The first kappa shape index (κ1) is 17.2. The third kappa shape index (κ3) is 4.27. The van der Waals surface area contributed by atoms with Crippen LogP contribution in [-0.4, -0.2) is 16.6 Å². The van der Waals surface area contributed by atoms with Crippen molar-refractivity contribution in [2.75, 3.05) is 0 Å². The van der Waals surface area contributed by atoms with E-state index in [9.17, 15) is 4.79 Å². The van der Waals surface area contributed by atoms with Gasteiger partial charge in [0.15, 0.2) is 5.79 Å².